The van der Waals surface area contributed by atoms with Gasteiger partial charge in [0, 0.05) is 6.92 Å². The average molecular weight is 552 g/mol. The second-order valence-corrected chi connectivity index (χ2v) is 11.6. The lowest BCUT2D eigenvalue weighted by atomic mass is 9.97. The first kappa shape index (κ1) is 26.7. The number of benzene rings is 2. The van der Waals surface area contributed by atoms with Gasteiger partial charge in [0.15, 0.2) is 7.14 Å². The number of carbonyl (C=O) groups excluding carboxylic acids is 1. The van der Waals surface area contributed by atoms with E-state index in [4.69, 9.17) is 9.47 Å². The highest BCUT2D eigenvalue weighted by Crippen LogP contribution is 2.19. The summed E-state index contributed by atoms with van der Waals surface area (Å²) < 4.78 is 14.4. The maximum atomic E-state index is 11.6. The van der Waals surface area contributed by atoms with E-state index in [0.29, 0.717) is 12.5 Å². The van der Waals surface area contributed by atoms with Gasteiger partial charge in [-0.2, -0.15) is 0 Å². The van der Waals surface area contributed by atoms with Gasteiger partial charge < -0.3 is 9.47 Å². The molecule has 0 fully saturated rings. The Balaban J connectivity index is 1.74. The van der Waals surface area contributed by atoms with Crippen molar-refractivity contribution in [2.75, 3.05) is 6.61 Å². The van der Waals surface area contributed by atoms with Crippen molar-refractivity contribution in [3.63, 3.8) is 0 Å². The molecule has 0 radical (unpaired) electrons. The third-order valence-electron chi connectivity index (χ3n) is 5.64. The zero-order valence-corrected chi connectivity index (χ0v) is 22.2. The van der Waals surface area contributed by atoms with E-state index in [2.05, 4.69) is 56.3 Å². The third-order valence-corrected chi connectivity index (χ3v) is 8.33. The number of rotatable bonds is 16. The molecule has 0 spiro atoms. The number of halogens is 1. The molecule has 0 saturated heterocycles. The van der Waals surface area contributed by atoms with Crippen LogP contribution in [-0.2, 0) is 9.53 Å². The molecule has 2 aromatic rings. The Hall–Kier alpha value is -1.56. The van der Waals surface area contributed by atoms with Crippen molar-refractivity contribution in [3.05, 3.63) is 61.7 Å². The molecule has 32 heavy (non-hydrogen) atoms. The van der Waals surface area contributed by atoms with E-state index in [-0.39, 0.29) is 33.3 Å². The largest absolute Gasteiger partial charge is 0.490 e. The van der Waals surface area contributed by atoms with Crippen LogP contribution in [0.2, 0.25) is 0 Å². The van der Waals surface area contributed by atoms with E-state index < -0.39 is 0 Å². The van der Waals surface area contributed by atoms with Crippen LogP contribution < -0.4 is 25.9 Å². The zero-order chi connectivity index (χ0) is 23.0. The Labute approximate surface area is 205 Å². The Bertz CT molecular complexity index is 745. The normalized spacial score (nSPS) is 12.8. The predicted molar refractivity (Wildman–Crippen MR) is 128 cm³/mol. The number of esters is 1. The Morgan fingerprint density at radius 3 is 2.06 bits per heavy atom. The van der Waals surface area contributed by atoms with Gasteiger partial charge in [0.25, 0.3) is 0 Å². The van der Waals surface area contributed by atoms with Crippen molar-refractivity contribution >= 4 is 5.97 Å². The third kappa shape index (κ3) is 11.3. The fourth-order valence-electron chi connectivity index (χ4n) is 3.69. The number of unbranched alkanes of at least 4 members (excludes halogenated alkanes) is 7. The Kier molecular flexibility index (Phi) is 13.4. The fourth-order valence-corrected chi connectivity index (χ4v) is 5.90. The SMILES string of the molecule is CCCCCCCCCCC(C)C(COc1ccc([I+]c2ccccc2)cc1)OC(C)=O. The van der Waals surface area contributed by atoms with Gasteiger partial charge in [0.1, 0.15) is 18.5 Å². The van der Waals surface area contributed by atoms with Crippen LogP contribution in [0.5, 0.6) is 5.75 Å². The molecule has 0 saturated carbocycles. The predicted octanol–water partition coefficient (Wildman–Crippen LogP) is 4.29. The van der Waals surface area contributed by atoms with Gasteiger partial charge in [-0.05, 0) is 48.7 Å². The average Bonchev–Trinajstić information content (AvgIpc) is 2.79. The minimum absolute atomic E-state index is 0.170. The lowest BCUT2D eigenvalue weighted by Crippen LogP contribution is -3.61. The van der Waals surface area contributed by atoms with Crippen LogP contribution in [-0.4, -0.2) is 18.7 Å². The van der Waals surface area contributed by atoms with Crippen molar-refractivity contribution in [1.29, 1.82) is 0 Å². The quantitative estimate of drug-likeness (QED) is 0.178. The molecule has 0 N–H and O–H groups in total. The maximum Gasteiger partial charge on any atom is 0.357 e. The molecule has 0 amide bonds. The summed E-state index contributed by atoms with van der Waals surface area (Å²) in [6.45, 7) is 6.32. The molecule has 176 valence electrons. The van der Waals surface area contributed by atoms with Crippen LogP contribution in [0.3, 0.4) is 0 Å². The van der Waals surface area contributed by atoms with Crippen molar-refractivity contribution in [2.45, 2.75) is 84.7 Å². The van der Waals surface area contributed by atoms with Gasteiger partial charge in [0.05, 0.1) is 0 Å². The van der Waals surface area contributed by atoms with Crippen LogP contribution in [0.25, 0.3) is 0 Å². The second-order valence-electron chi connectivity index (χ2n) is 8.54. The molecule has 0 aliphatic rings. The van der Waals surface area contributed by atoms with Crippen LogP contribution in [0.4, 0.5) is 0 Å². The highest BCUT2D eigenvalue weighted by molar-refractivity contribution is 5.66. The number of hydrogen-bond acceptors (Lipinski definition) is 3. The lowest BCUT2D eigenvalue weighted by molar-refractivity contribution is -0.597. The van der Waals surface area contributed by atoms with Crippen LogP contribution in [0.15, 0.2) is 54.6 Å². The second kappa shape index (κ2) is 16.1. The van der Waals surface area contributed by atoms with Gasteiger partial charge in [0.2, 0.25) is 0 Å². The van der Waals surface area contributed by atoms with E-state index in [1.165, 1.54) is 65.4 Å². The lowest BCUT2D eigenvalue weighted by Gasteiger charge is -2.24. The molecule has 2 rings (SSSR count). The summed E-state index contributed by atoms with van der Waals surface area (Å²) in [6, 6.07) is 19.0. The van der Waals surface area contributed by atoms with Crippen molar-refractivity contribution in [3.8, 4) is 5.75 Å². The molecule has 0 heterocycles. The van der Waals surface area contributed by atoms with Crippen LogP contribution >= 0.6 is 0 Å². The van der Waals surface area contributed by atoms with Gasteiger partial charge in [-0.15, -0.1) is 0 Å². The summed E-state index contributed by atoms with van der Waals surface area (Å²) in [7, 11) is 0. The summed E-state index contributed by atoms with van der Waals surface area (Å²) >= 11 is -0.170. The van der Waals surface area contributed by atoms with E-state index in [9.17, 15) is 4.79 Å². The molecule has 2 aromatic carbocycles. The molecule has 3 nitrogen and oxygen atoms in total. The van der Waals surface area contributed by atoms with E-state index in [1.54, 1.807) is 0 Å². The molecule has 0 aliphatic carbocycles. The Morgan fingerprint density at radius 1 is 0.844 bits per heavy atom. The van der Waals surface area contributed by atoms with Gasteiger partial charge in [-0.3, -0.25) is 4.79 Å². The first-order chi connectivity index (χ1) is 15.6. The first-order valence-corrected chi connectivity index (χ1v) is 14.3. The molecule has 0 bridgehead atoms. The van der Waals surface area contributed by atoms with E-state index >= 15 is 0 Å². The number of hydrogen-bond donors (Lipinski definition) is 0. The Morgan fingerprint density at radius 2 is 1.44 bits per heavy atom. The van der Waals surface area contributed by atoms with Gasteiger partial charge >= 0.3 is 27.2 Å². The molecule has 4 heteroatoms. The smallest absolute Gasteiger partial charge is 0.357 e. The van der Waals surface area contributed by atoms with E-state index in [1.807, 2.05) is 12.1 Å². The monoisotopic (exact) mass is 551 g/mol. The summed E-state index contributed by atoms with van der Waals surface area (Å²) in [5.41, 5.74) is 0. The topological polar surface area (TPSA) is 35.5 Å². The summed E-state index contributed by atoms with van der Waals surface area (Å²) in [5.74, 6) is 0.897. The first-order valence-electron chi connectivity index (χ1n) is 12.2. The molecule has 0 aliphatic heterocycles. The summed E-state index contributed by atoms with van der Waals surface area (Å²) in [4.78, 5) is 11.6. The highest BCUT2D eigenvalue weighted by Gasteiger charge is 2.21. The maximum absolute atomic E-state index is 11.6. The van der Waals surface area contributed by atoms with Crippen molar-refractivity contribution in [1.82, 2.24) is 0 Å². The standard InChI is InChI=1S/C28H40IO3/c1-4-5-6-7-8-9-10-12-15-23(2)28(32-24(3)30)22-31-27-20-18-26(19-21-27)29-25-16-13-11-14-17-25/h11,13-14,16-21,23,28H,4-10,12,15,22H2,1-3H3/q+1. The van der Waals surface area contributed by atoms with Crippen molar-refractivity contribution in [2.24, 2.45) is 5.92 Å². The zero-order valence-electron chi connectivity index (χ0n) is 20.0. The summed E-state index contributed by atoms with van der Waals surface area (Å²) in [5, 5.41) is 0. The molecule has 0 aromatic heterocycles. The molecule has 2 atom stereocenters. The minimum atomic E-state index is -0.232. The fraction of sp³-hybridized carbons (Fsp3) is 0.536. The summed E-state index contributed by atoms with van der Waals surface area (Å²) in [6.07, 6.45) is 11.4. The molecule has 2 unspecified atom stereocenters. The van der Waals surface area contributed by atoms with Crippen molar-refractivity contribution < 1.29 is 35.5 Å². The minimum Gasteiger partial charge on any atom is -0.490 e. The van der Waals surface area contributed by atoms with Gasteiger partial charge in [-0.1, -0.05) is 83.4 Å². The van der Waals surface area contributed by atoms with Crippen LogP contribution in [0.1, 0.15) is 78.6 Å². The number of carbonyl (C=O) groups is 1. The van der Waals surface area contributed by atoms with E-state index in [0.717, 1.165) is 12.2 Å². The van der Waals surface area contributed by atoms with Gasteiger partial charge in [-0.25, -0.2) is 0 Å². The number of ether oxygens (including phenoxy) is 2. The highest BCUT2D eigenvalue weighted by atomic mass is 127. The molecular weight excluding hydrogens is 511 g/mol. The van der Waals surface area contributed by atoms with Crippen LogP contribution in [0, 0.1) is 13.1 Å². The molecular formula is C28H40IO3+.